The Kier molecular flexibility index (Phi) is 5.42. The largest absolute Gasteiger partial charge is 0.369 e. The van der Waals surface area contributed by atoms with Crippen LogP contribution in [0.5, 0.6) is 0 Å². The minimum Gasteiger partial charge on any atom is -0.369 e. The Balaban J connectivity index is 1.57. The highest BCUT2D eigenvalue weighted by atomic mass is 35.5. The zero-order valence-corrected chi connectivity index (χ0v) is 15.2. The number of nitrogen functional groups attached to an aromatic ring is 1. The Morgan fingerprint density at radius 2 is 2.12 bits per heavy atom. The van der Waals surface area contributed by atoms with Crippen LogP contribution in [0.2, 0.25) is 5.02 Å². The van der Waals surface area contributed by atoms with Gasteiger partial charge in [0.25, 0.3) is 0 Å². The maximum atomic E-state index is 13.2. The number of benzene rings is 2. The molecular weight excluding hydrogens is 355 g/mol. The second kappa shape index (κ2) is 7.74. The SMILES string of the molecule is CN(Cc1cccc(F)c1)C(=O)CCCn1c(N)nc2cc(Cl)ccc21. The van der Waals surface area contributed by atoms with Crippen molar-refractivity contribution in [1.29, 1.82) is 0 Å². The quantitative estimate of drug-likeness (QED) is 0.712. The monoisotopic (exact) mass is 374 g/mol. The first kappa shape index (κ1) is 18.2. The summed E-state index contributed by atoms with van der Waals surface area (Å²) >= 11 is 5.97. The average molecular weight is 375 g/mol. The fourth-order valence-corrected chi connectivity index (χ4v) is 3.10. The highest BCUT2D eigenvalue weighted by Gasteiger charge is 2.12. The predicted octanol–water partition coefficient (Wildman–Crippen LogP) is 3.85. The number of carbonyl (C=O) groups excluding carboxylic acids is 1. The van der Waals surface area contributed by atoms with Crippen LogP contribution in [0.3, 0.4) is 0 Å². The summed E-state index contributed by atoms with van der Waals surface area (Å²) in [5.74, 6) is 0.106. The molecule has 5 nitrogen and oxygen atoms in total. The first-order chi connectivity index (χ1) is 12.4. The molecule has 0 spiro atoms. The first-order valence-corrected chi connectivity index (χ1v) is 8.71. The summed E-state index contributed by atoms with van der Waals surface area (Å²) in [5, 5.41) is 0.608. The zero-order valence-electron chi connectivity index (χ0n) is 14.5. The third-order valence-electron chi connectivity index (χ3n) is 4.25. The number of aryl methyl sites for hydroxylation is 1. The van der Waals surface area contributed by atoms with Crippen molar-refractivity contribution in [1.82, 2.24) is 14.5 Å². The molecule has 2 N–H and O–H groups in total. The molecule has 0 unspecified atom stereocenters. The lowest BCUT2D eigenvalue weighted by Gasteiger charge is -2.17. The molecule has 0 saturated heterocycles. The van der Waals surface area contributed by atoms with Gasteiger partial charge in [-0.2, -0.15) is 0 Å². The van der Waals surface area contributed by atoms with Gasteiger partial charge in [0.2, 0.25) is 11.9 Å². The van der Waals surface area contributed by atoms with E-state index in [2.05, 4.69) is 4.98 Å². The van der Waals surface area contributed by atoms with E-state index in [1.54, 1.807) is 36.2 Å². The molecule has 1 heterocycles. The van der Waals surface area contributed by atoms with Crippen molar-refractivity contribution in [2.75, 3.05) is 12.8 Å². The molecule has 0 aliphatic rings. The van der Waals surface area contributed by atoms with Crippen LogP contribution in [-0.4, -0.2) is 27.4 Å². The predicted molar refractivity (Wildman–Crippen MR) is 101 cm³/mol. The molecule has 0 bridgehead atoms. The van der Waals surface area contributed by atoms with Gasteiger partial charge in [0, 0.05) is 31.6 Å². The Morgan fingerprint density at radius 1 is 1.31 bits per heavy atom. The number of amides is 1. The van der Waals surface area contributed by atoms with Crippen LogP contribution in [0, 0.1) is 5.82 Å². The van der Waals surface area contributed by atoms with Gasteiger partial charge in [-0.15, -0.1) is 0 Å². The van der Waals surface area contributed by atoms with Gasteiger partial charge >= 0.3 is 0 Å². The number of fused-ring (bicyclic) bond motifs is 1. The molecule has 0 aliphatic carbocycles. The summed E-state index contributed by atoms with van der Waals surface area (Å²) < 4.78 is 15.1. The van der Waals surface area contributed by atoms with E-state index >= 15 is 0 Å². The van der Waals surface area contributed by atoms with Gasteiger partial charge in [-0.3, -0.25) is 4.79 Å². The van der Waals surface area contributed by atoms with E-state index in [0.717, 1.165) is 16.6 Å². The van der Waals surface area contributed by atoms with Gasteiger partial charge in [-0.25, -0.2) is 9.37 Å². The summed E-state index contributed by atoms with van der Waals surface area (Å²) in [7, 11) is 1.72. The molecule has 0 radical (unpaired) electrons. The lowest BCUT2D eigenvalue weighted by molar-refractivity contribution is -0.130. The zero-order chi connectivity index (χ0) is 18.7. The molecule has 0 fully saturated rings. The van der Waals surface area contributed by atoms with Crippen LogP contribution < -0.4 is 5.73 Å². The minimum atomic E-state index is -0.300. The number of nitrogens with two attached hydrogens (primary N) is 1. The first-order valence-electron chi connectivity index (χ1n) is 8.33. The van der Waals surface area contributed by atoms with Crippen molar-refractivity contribution in [3.63, 3.8) is 0 Å². The third kappa shape index (κ3) is 4.14. The van der Waals surface area contributed by atoms with Gasteiger partial charge in [0.15, 0.2) is 0 Å². The van der Waals surface area contributed by atoms with Gasteiger partial charge in [0.05, 0.1) is 11.0 Å². The maximum Gasteiger partial charge on any atom is 0.222 e. The number of hydrogen-bond acceptors (Lipinski definition) is 3. The fraction of sp³-hybridized carbons (Fsp3) is 0.263. The Bertz CT molecular complexity index is 940. The third-order valence-corrected chi connectivity index (χ3v) is 4.48. The molecule has 3 rings (SSSR count). The van der Waals surface area contributed by atoms with Gasteiger partial charge in [-0.05, 0) is 42.3 Å². The molecule has 1 amide bonds. The second-order valence-corrected chi connectivity index (χ2v) is 6.67. The molecule has 0 atom stereocenters. The number of carbonyl (C=O) groups is 1. The van der Waals surface area contributed by atoms with E-state index in [1.807, 2.05) is 10.6 Å². The van der Waals surface area contributed by atoms with Gasteiger partial charge in [0.1, 0.15) is 5.82 Å². The van der Waals surface area contributed by atoms with E-state index < -0.39 is 0 Å². The fourth-order valence-electron chi connectivity index (χ4n) is 2.93. The van der Waals surface area contributed by atoms with E-state index in [1.165, 1.54) is 12.1 Å². The van der Waals surface area contributed by atoms with E-state index in [-0.39, 0.29) is 11.7 Å². The summed E-state index contributed by atoms with van der Waals surface area (Å²) in [4.78, 5) is 18.2. The van der Waals surface area contributed by atoms with Crippen molar-refractivity contribution in [2.45, 2.75) is 25.9 Å². The molecule has 7 heteroatoms. The summed E-state index contributed by atoms with van der Waals surface area (Å²) in [6.45, 7) is 0.967. The van der Waals surface area contributed by atoms with Crippen LogP contribution in [0.15, 0.2) is 42.5 Å². The number of hydrogen-bond donors (Lipinski definition) is 1. The Labute approximate surface area is 156 Å². The lowest BCUT2D eigenvalue weighted by atomic mass is 10.2. The van der Waals surface area contributed by atoms with E-state index in [9.17, 15) is 9.18 Å². The topological polar surface area (TPSA) is 64.2 Å². The standard InChI is InChI=1S/C19H20ClFN4O/c1-24(12-13-4-2-5-15(21)10-13)18(26)6-3-9-25-17-8-7-14(20)11-16(17)23-19(25)22/h2,4-5,7-8,10-11H,3,6,9,12H2,1H3,(H2,22,23). The van der Waals surface area contributed by atoms with Crippen molar-refractivity contribution in [2.24, 2.45) is 0 Å². The van der Waals surface area contributed by atoms with Crippen LogP contribution >= 0.6 is 11.6 Å². The lowest BCUT2D eigenvalue weighted by Crippen LogP contribution is -2.26. The molecule has 0 saturated carbocycles. The maximum absolute atomic E-state index is 13.2. The van der Waals surface area contributed by atoms with E-state index in [4.69, 9.17) is 17.3 Å². The van der Waals surface area contributed by atoms with Crippen LogP contribution in [-0.2, 0) is 17.9 Å². The smallest absolute Gasteiger partial charge is 0.222 e. The number of aromatic nitrogens is 2. The minimum absolute atomic E-state index is 0.000276. The van der Waals surface area contributed by atoms with Crippen LogP contribution in [0.25, 0.3) is 11.0 Å². The number of anilines is 1. The van der Waals surface area contributed by atoms with Crippen molar-refractivity contribution in [3.8, 4) is 0 Å². The molecule has 136 valence electrons. The molecule has 0 aliphatic heterocycles. The second-order valence-electron chi connectivity index (χ2n) is 6.24. The number of halogens is 2. The molecule has 1 aromatic heterocycles. The van der Waals surface area contributed by atoms with Crippen molar-refractivity contribution >= 4 is 34.5 Å². The highest BCUT2D eigenvalue weighted by Crippen LogP contribution is 2.22. The van der Waals surface area contributed by atoms with Gasteiger partial charge in [-0.1, -0.05) is 23.7 Å². The normalized spacial score (nSPS) is 11.0. The summed E-state index contributed by atoms with van der Waals surface area (Å²) in [6, 6.07) is 11.7. The van der Waals surface area contributed by atoms with Crippen LogP contribution in [0.4, 0.5) is 10.3 Å². The highest BCUT2D eigenvalue weighted by molar-refractivity contribution is 6.31. The summed E-state index contributed by atoms with van der Waals surface area (Å²) in [5.41, 5.74) is 8.38. The van der Waals surface area contributed by atoms with E-state index in [0.29, 0.717) is 36.9 Å². The van der Waals surface area contributed by atoms with Crippen LogP contribution in [0.1, 0.15) is 18.4 Å². The number of rotatable bonds is 6. The average Bonchev–Trinajstić information content (AvgIpc) is 2.89. The number of imidazole rings is 1. The summed E-state index contributed by atoms with van der Waals surface area (Å²) in [6.07, 6.45) is 1.00. The van der Waals surface area contributed by atoms with Crippen molar-refractivity contribution in [3.05, 3.63) is 58.9 Å². The molecule has 2 aromatic carbocycles. The van der Waals surface area contributed by atoms with Crippen molar-refractivity contribution < 1.29 is 9.18 Å². The molecular formula is C19H20ClFN4O. The number of nitrogens with zero attached hydrogens (tertiary/aromatic N) is 3. The Hall–Kier alpha value is -2.60. The Morgan fingerprint density at radius 3 is 2.88 bits per heavy atom. The molecule has 3 aromatic rings. The molecule has 26 heavy (non-hydrogen) atoms. The van der Waals surface area contributed by atoms with Gasteiger partial charge < -0.3 is 15.2 Å².